The third kappa shape index (κ3) is 3.61. The van der Waals surface area contributed by atoms with Crippen LogP contribution in [0.25, 0.3) is 22.0 Å². The van der Waals surface area contributed by atoms with Gasteiger partial charge in [-0.1, -0.05) is 64.4 Å². The summed E-state index contributed by atoms with van der Waals surface area (Å²) >= 11 is 0. The number of aromatic nitrogens is 1. The van der Waals surface area contributed by atoms with Gasteiger partial charge in [0.1, 0.15) is 0 Å². The van der Waals surface area contributed by atoms with Gasteiger partial charge in [0.2, 0.25) is 0 Å². The minimum Gasteiger partial charge on any atom is -0.256 e. The van der Waals surface area contributed by atoms with E-state index in [0.29, 0.717) is 5.92 Å². The molecule has 2 aromatic carbocycles. The quantitative estimate of drug-likeness (QED) is 0.502. The molecule has 0 aliphatic rings. The maximum atomic E-state index is 4.82. The van der Waals surface area contributed by atoms with E-state index in [9.17, 15) is 0 Å². The van der Waals surface area contributed by atoms with Gasteiger partial charge < -0.3 is 0 Å². The lowest BCUT2D eigenvalue weighted by atomic mass is 9.84. The molecule has 0 spiro atoms. The smallest absolute Gasteiger partial charge is 0.0708 e. The Bertz CT molecular complexity index is 900. The van der Waals surface area contributed by atoms with Crippen LogP contribution in [0.4, 0.5) is 0 Å². The summed E-state index contributed by atoms with van der Waals surface area (Å²) in [7, 11) is 0. The van der Waals surface area contributed by atoms with Crippen molar-refractivity contribution < 1.29 is 0 Å². The Morgan fingerprint density at radius 1 is 1.04 bits per heavy atom. The molecular weight excluding hydrogens is 302 g/mol. The van der Waals surface area contributed by atoms with E-state index >= 15 is 0 Å². The van der Waals surface area contributed by atoms with Crippen LogP contribution in [0.2, 0.25) is 0 Å². The highest BCUT2D eigenvalue weighted by molar-refractivity contribution is 5.88. The summed E-state index contributed by atoms with van der Waals surface area (Å²) in [6.45, 7) is 13.5. The highest BCUT2D eigenvalue weighted by Crippen LogP contribution is 2.32. The van der Waals surface area contributed by atoms with E-state index < -0.39 is 0 Å². The van der Waals surface area contributed by atoms with Crippen molar-refractivity contribution in [2.75, 3.05) is 0 Å². The van der Waals surface area contributed by atoms with Crippen molar-refractivity contribution in [3.05, 3.63) is 65.4 Å². The normalized spacial score (nSPS) is 13.2. The lowest BCUT2D eigenvalue weighted by molar-refractivity contribution is 0.590. The Kier molecular flexibility index (Phi) is 4.69. The van der Waals surface area contributed by atoms with Gasteiger partial charge in [-0.05, 0) is 59.4 Å². The Hall–Kier alpha value is -2.15. The molecule has 1 heterocycles. The predicted molar refractivity (Wildman–Crippen MR) is 109 cm³/mol. The average molecular weight is 332 g/mol. The molecule has 0 amide bonds. The van der Waals surface area contributed by atoms with Gasteiger partial charge in [0, 0.05) is 17.1 Å². The molecule has 0 bridgehead atoms. The van der Waals surface area contributed by atoms with Gasteiger partial charge in [-0.25, -0.2) is 0 Å². The number of pyridine rings is 1. The number of hydrogen-bond donors (Lipinski definition) is 0. The van der Waals surface area contributed by atoms with Crippen molar-refractivity contribution in [1.82, 2.24) is 4.98 Å². The second kappa shape index (κ2) is 6.63. The highest BCUT2D eigenvalue weighted by Gasteiger charge is 2.16. The molecule has 0 aliphatic carbocycles. The Morgan fingerprint density at radius 3 is 2.48 bits per heavy atom. The van der Waals surface area contributed by atoms with Gasteiger partial charge >= 0.3 is 0 Å². The van der Waals surface area contributed by atoms with Gasteiger partial charge in [-0.2, -0.15) is 0 Å². The Balaban J connectivity index is 2.13. The molecule has 0 saturated heterocycles. The summed E-state index contributed by atoms with van der Waals surface area (Å²) in [5, 5.41) is 2.56. The molecule has 1 heteroatoms. The molecule has 1 atom stereocenters. The van der Waals surface area contributed by atoms with Crippen molar-refractivity contribution in [3.63, 3.8) is 0 Å². The fourth-order valence-electron chi connectivity index (χ4n) is 3.37. The molecule has 0 N–H and O–H groups in total. The van der Waals surface area contributed by atoms with E-state index in [1.165, 1.54) is 33.0 Å². The Labute approximate surface area is 152 Å². The minimum atomic E-state index is 0.140. The number of nitrogens with zero attached hydrogens (tertiary/aromatic N) is 1. The number of fused-ring (bicyclic) bond motifs is 1. The first-order valence-electron chi connectivity index (χ1n) is 9.31. The molecule has 3 aromatic rings. The van der Waals surface area contributed by atoms with Gasteiger partial charge in [0.25, 0.3) is 0 Å². The van der Waals surface area contributed by atoms with Crippen LogP contribution < -0.4 is 0 Å². The second-order valence-electron chi connectivity index (χ2n) is 8.28. The third-order valence-corrected chi connectivity index (χ3v) is 5.18. The number of hydrogen-bond acceptors (Lipinski definition) is 1. The van der Waals surface area contributed by atoms with Crippen LogP contribution in [0.5, 0.6) is 0 Å². The summed E-state index contributed by atoms with van der Waals surface area (Å²) in [6.07, 6.45) is 3.21. The lowest BCUT2D eigenvalue weighted by Crippen LogP contribution is -2.11. The first-order chi connectivity index (χ1) is 11.8. The highest BCUT2D eigenvalue weighted by atomic mass is 14.7. The van der Waals surface area contributed by atoms with Crippen LogP contribution >= 0.6 is 0 Å². The van der Waals surface area contributed by atoms with Crippen molar-refractivity contribution in [3.8, 4) is 11.3 Å². The van der Waals surface area contributed by atoms with Crippen molar-refractivity contribution in [2.24, 2.45) is 0 Å². The van der Waals surface area contributed by atoms with Crippen molar-refractivity contribution in [1.29, 1.82) is 0 Å². The first-order valence-corrected chi connectivity index (χ1v) is 9.31. The van der Waals surface area contributed by atoms with E-state index in [1.54, 1.807) is 0 Å². The van der Waals surface area contributed by atoms with Crippen LogP contribution in [-0.2, 0) is 5.41 Å². The van der Waals surface area contributed by atoms with Crippen LogP contribution in [0.1, 0.15) is 63.6 Å². The monoisotopic (exact) mass is 331 g/mol. The van der Waals surface area contributed by atoms with Gasteiger partial charge in [0.05, 0.1) is 5.69 Å². The lowest BCUT2D eigenvalue weighted by Gasteiger charge is -2.21. The summed E-state index contributed by atoms with van der Waals surface area (Å²) in [6, 6.07) is 15.7. The molecular formula is C24H29N. The third-order valence-electron chi connectivity index (χ3n) is 5.18. The van der Waals surface area contributed by atoms with Crippen LogP contribution in [0.3, 0.4) is 0 Å². The van der Waals surface area contributed by atoms with E-state index in [0.717, 1.165) is 12.1 Å². The zero-order chi connectivity index (χ0) is 18.2. The number of rotatable bonds is 3. The maximum Gasteiger partial charge on any atom is 0.0708 e. The van der Waals surface area contributed by atoms with Crippen LogP contribution in [-0.4, -0.2) is 4.98 Å². The van der Waals surface area contributed by atoms with E-state index in [1.807, 2.05) is 0 Å². The largest absolute Gasteiger partial charge is 0.256 e. The summed E-state index contributed by atoms with van der Waals surface area (Å²) in [5.41, 5.74) is 6.46. The zero-order valence-electron chi connectivity index (χ0n) is 16.4. The molecule has 0 aliphatic heterocycles. The topological polar surface area (TPSA) is 12.9 Å². The summed E-state index contributed by atoms with van der Waals surface area (Å²) in [5.74, 6) is 0.558. The second-order valence-corrected chi connectivity index (χ2v) is 8.28. The minimum absolute atomic E-state index is 0.140. The molecule has 3 rings (SSSR count). The molecule has 1 nitrogen and oxygen atoms in total. The molecule has 130 valence electrons. The van der Waals surface area contributed by atoms with E-state index in [4.69, 9.17) is 4.98 Å². The van der Waals surface area contributed by atoms with Crippen LogP contribution in [0.15, 0.2) is 48.7 Å². The number of aryl methyl sites for hydroxylation is 1. The standard InChI is InChI=1S/C24H29N/c1-7-17(3)21-10-8-9-18-14-23(25-15-22(18)21)19-11-16(2)12-20(13-19)24(4,5)6/h8-15,17H,7H2,1-6H3. The fourth-order valence-corrected chi connectivity index (χ4v) is 3.37. The van der Waals surface area contributed by atoms with E-state index in [-0.39, 0.29) is 5.41 Å². The zero-order valence-corrected chi connectivity index (χ0v) is 16.4. The van der Waals surface area contributed by atoms with Gasteiger partial charge in [-0.15, -0.1) is 0 Å². The summed E-state index contributed by atoms with van der Waals surface area (Å²) in [4.78, 5) is 4.82. The molecule has 0 fully saturated rings. The predicted octanol–water partition coefficient (Wildman–Crippen LogP) is 7.02. The molecule has 0 saturated carbocycles. The Morgan fingerprint density at radius 2 is 1.80 bits per heavy atom. The van der Waals surface area contributed by atoms with Crippen molar-refractivity contribution in [2.45, 2.75) is 59.3 Å². The number of benzene rings is 2. The fraction of sp³-hybridized carbons (Fsp3) is 0.375. The van der Waals surface area contributed by atoms with Gasteiger partial charge in [0.15, 0.2) is 0 Å². The molecule has 25 heavy (non-hydrogen) atoms. The first kappa shape index (κ1) is 17.7. The van der Waals surface area contributed by atoms with Gasteiger partial charge in [-0.3, -0.25) is 4.98 Å². The SMILES string of the molecule is CCC(C)c1cccc2cc(-c3cc(C)cc(C(C)(C)C)c3)ncc12. The molecule has 1 aromatic heterocycles. The molecule has 0 radical (unpaired) electrons. The van der Waals surface area contributed by atoms with Crippen LogP contribution in [0, 0.1) is 6.92 Å². The molecule has 1 unspecified atom stereocenters. The van der Waals surface area contributed by atoms with E-state index in [2.05, 4.69) is 90.2 Å². The summed E-state index contributed by atoms with van der Waals surface area (Å²) < 4.78 is 0. The maximum absolute atomic E-state index is 4.82. The average Bonchev–Trinajstić information content (AvgIpc) is 2.58. The van der Waals surface area contributed by atoms with Crippen molar-refractivity contribution >= 4 is 10.8 Å².